The number of fused-ring (bicyclic) bond motifs is 1. The van der Waals surface area contributed by atoms with Gasteiger partial charge in [0.2, 0.25) is 0 Å². The summed E-state index contributed by atoms with van der Waals surface area (Å²) in [5, 5.41) is 3.51. The fourth-order valence-electron chi connectivity index (χ4n) is 4.29. The van der Waals surface area contributed by atoms with Crippen molar-refractivity contribution in [3.05, 3.63) is 51.3 Å². The quantitative estimate of drug-likeness (QED) is 0.429. The molecule has 2 aromatic rings. The zero-order valence-electron chi connectivity index (χ0n) is 15.6. The highest BCUT2D eigenvalue weighted by Gasteiger charge is 2.31. The Bertz CT molecular complexity index is 905. The maximum atomic E-state index is 14.2. The van der Waals surface area contributed by atoms with Gasteiger partial charge < -0.3 is 19.6 Å². The molecule has 28 heavy (non-hydrogen) atoms. The van der Waals surface area contributed by atoms with Crippen molar-refractivity contribution in [2.24, 2.45) is 0 Å². The van der Waals surface area contributed by atoms with Crippen molar-refractivity contribution in [1.29, 1.82) is 0 Å². The molecule has 0 aliphatic carbocycles. The van der Waals surface area contributed by atoms with Crippen LogP contribution in [0.25, 0.3) is 0 Å². The lowest BCUT2D eigenvalue weighted by atomic mass is 9.95. The van der Waals surface area contributed by atoms with Gasteiger partial charge in [0.05, 0.1) is 6.61 Å². The number of H-pyrrole nitrogens is 1. The lowest BCUT2D eigenvalue weighted by molar-refractivity contribution is 0.0705. The second-order valence-electron chi connectivity index (χ2n) is 7.60. The van der Waals surface area contributed by atoms with E-state index in [2.05, 4.69) is 10.3 Å². The normalized spacial score (nSPS) is 21.8. The van der Waals surface area contributed by atoms with E-state index in [1.165, 1.54) is 0 Å². The number of hydrogen-bond donors (Lipinski definition) is 2. The Morgan fingerprint density at radius 1 is 1.25 bits per heavy atom. The van der Waals surface area contributed by atoms with Gasteiger partial charge in [0, 0.05) is 42.1 Å². The van der Waals surface area contributed by atoms with E-state index in [0.29, 0.717) is 23.8 Å². The molecule has 4 rings (SSSR count). The number of halogens is 3. The van der Waals surface area contributed by atoms with Gasteiger partial charge in [-0.25, -0.2) is 13.2 Å². The summed E-state index contributed by atoms with van der Waals surface area (Å²) < 4.78 is 49.9. The third kappa shape index (κ3) is 3.90. The fourth-order valence-corrected chi connectivity index (χ4v) is 4.60. The first-order chi connectivity index (χ1) is 13.5. The van der Waals surface area contributed by atoms with E-state index in [-0.39, 0.29) is 5.56 Å². The van der Waals surface area contributed by atoms with Crippen molar-refractivity contribution in [2.45, 2.75) is 50.6 Å². The Morgan fingerprint density at radius 3 is 2.86 bits per heavy atom. The van der Waals surface area contributed by atoms with Crippen LogP contribution in [0.2, 0.25) is 0 Å². The molecule has 8 heteroatoms. The number of rotatable bonds is 6. The second kappa shape index (κ2) is 8.39. The average Bonchev–Trinajstić information content (AvgIpc) is 3.24. The van der Waals surface area contributed by atoms with Crippen LogP contribution in [0.3, 0.4) is 0 Å². The molecule has 1 fully saturated rings. The molecule has 0 radical (unpaired) electrons. The van der Waals surface area contributed by atoms with Gasteiger partial charge in [-0.05, 0) is 63.0 Å². The molecule has 2 atom stereocenters. The number of hydrogen-bond acceptors (Lipinski definition) is 3. The Kier molecular flexibility index (Phi) is 5.89. The third-order valence-corrected chi connectivity index (χ3v) is 6.03. The minimum atomic E-state index is -1.09. The number of nitrogens with one attached hydrogen (secondary N) is 2. The molecular formula is C20H24F3N3OS. The summed E-state index contributed by atoms with van der Waals surface area (Å²) in [6.07, 6.45) is 4.39. The van der Waals surface area contributed by atoms with Crippen LogP contribution in [0.5, 0.6) is 0 Å². The molecule has 0 saturated carbocycles. The number of imidazole rings is 1. The van der Waals surface area contributed by atoms with E-state index < -0.39 is 23.4 Å². The largest absolute Gasteiger partial charge is 0.380 e. The van der Waals surface area contributed by atoms with Crippen LogP contribution in [0, 0.1) is 22.2 Å². The van der Waals surface area contributed by atoms with Gasteiger partial charge in [-0.3, -0.25) is 0 Å². The van der Waals surface area contributed by atoms with E-state index in [9.17, 15) is 13.2 Å². The van der Waals surface area contributed by atoms with Gasteiger partial charge in [-0.2, -0.15) is 0 Å². The SMILES string of the molecule is Fc1ccc(F)c([C@H]2Cc3c(CCCN[C@H]4CCCOC4)[nH]c(=S)n3C2)c1F. The van der Waals surface area contributed by atoms with Crippen molar-refractivity contribution in [3.8, 4) is 0 Å². The number of nitrogens with zero attached hydrogens (tertiary/aromatic N) is 1. The number of aromatic nitrogens is 2. The van der Waals surface area contributed by atoms with Crippen LogP contribution in [0.1, 0.15) is 42.1 Å². The van der Waals surface area contributed by atoms with Crippen LogP contribution in [0.4, 0.5) is 13.2 Å². The Morgan fingerprint density at radius 2 is 2.07 bits per heavy atom. The summed E-state index contributed by atoms with van der Waals surface area (Å²) in [7, 11) is 0. The molecule has 152 valence electrons. The summed E-state index contributed by atoms with van der Waals surface area (Å²) >= 11 is 5.39. The molecule has 3 heterocycles. The molecule has 1 aromatic heterocycles. The van der Waals surface area contributed by atoms with E-state index in [0.717, 1.165) is 69.0 Å². The molecular weight excluding hydrogens is 387 g/mol. The molecule has 2 aliphatic heterocycles. The number of aromatic amines is 1. The van der Waals surface area contributed by atoms with Crippen LogP contribution in [0.15, 0.2) is 12.1 Å². The number of ether oxygens (including phenoxy) is 1. The summed E-state index contributed by atoms with van der Waals surface area (Å²) in [4.78, 5) is 3.23. The lowest BCUT2D eigenvalue weighted by Crippen LogP contribution is -2.37. The molecule has 1 saturated heterocycles. The minimum Gasteiger partial charge on any atom is -0.380 e. The highest BCUT2D eigenvalue weighted by molar-refractivity contribution is 7.71. The third-order valence-electron chi connectivity index (χ3n) is 5.70. The van der Waals surface area contributed by atoms with Gasteiger partial charge in [-0.15, -0.1) is 0 Å². The summed E-state index contributed by atoms with van der Waals surface area (Å²) in [6, 6.07) is 2.23. The molecule has 0 amide bonds. The smallest absolute Gasteiger partial charge is 0.177 e. The predicted molar refractivity (Wildman–Crippen MR) is 103 cm³/mol. The molecule has 0 bridgehead atoms. The summed E-state index contributed by atoms with van der Waals surface area (Å²) in [5.41, 5.74) is 1.80. The number of aryl methyl sites for hydroxylation is 1. The van der Waals surface area contributed by atoms with E-state index in [1.807, 2.05) is 4.57 Å². The Labute approximate surface area is 167 Å². The van der Waals surface area contributed by atoms with Crippen LogP contribution < -0.4 is 5.32 Å². The lowest BCUT2D eigenvalue weighted by Gasteiger charge is -2.23. The fraction of sp³-hybridized carbons (Fsp3) is 0.550. The highest BCUT2D eigenvalue weighted by Crippen LogP contribution is 2.35. The first kappa shape index (κ1) is 19.7. The molecule has 0 spiro atoms. The van der Waals surface area contributed by atoms with E-state index in [1.54, 1.807) is 0 Å². The van der Waals surface area contributed by atoms with Gasteiger partial charge in [0.25, 0.3) is 0 Å². The van der Waals surface area contributed by atoms with Gasteiger partial charge >= 0.3 is 0 Å². The second-order valence-corrected chi connectivity index (χ2v) is 7.98. The van der Waals surface area contributed by atoms with Gasteiger partial charge in [0.1, 0.15) is 5.82 Å². The maximum Gasteiger partial charge on any atom is 0.177 e. The van der Waals surface area contributed by atoms with Crippen LogP contribution in [-0.2, 0) is 24.1 Å². The minimum absolute atomic E-state index is 0.178. The monoisotopic (exact) mass is 411 g/mol. The molecule has 2 aliphatic rings. The first-order valence-corrected chi connectivity index (χ1v) is 10.2. The first-order valence-electron chi connectivity index (χ1n) is 9.79. The zero-order chi connectivity index (χ0) is 19.7. The van der Waals surface area contributed by atoms with Crippen molar-refractivity contribution in [2.75, 3.05) is 19.8 Å². The van der Waals surface area contributed by atoms with Gasteiger partial charge in [-0.1, -0.05) is 0 Å². The molecule has 2 N–H and O–H groups in total. The summed E-state index contributed by atoms with van der Waals surface area (Å²) in [6.45, 7) is 2.84. The Balaban J connectivity index is 1.41. The van der Waals surface area contributed by atoms with Crippen molar-refractivity contribution in [3.63, 3.8) is 0 Å². The average molecular weight is 411 g/mol. The topological polar surface area (TPSA) is 42.0 Å². The predicted octanol–water partition coefficient (Wildman–Crippen LogP) is 4.00. The standard InChI is InChI=1S/C20H24F3N3OS/c21-14-5-6-15(22)19(23)18(14)12-9-17-16(25-20(28)26(17)10-12)4-1-7-24-13-3-2-8-27-11-13/h5-6,12-13,24H,1-4,7-11H2,(H,25,28)/t12-,13-/m0/s1. The van der Waals surface area contributed by atoms with Gasteiger partial charge in [0.15, 0.2) is 16.4 Å². The Hall–Kier alpha value is -1.64. The van der Waals surface area contributed by atoms with Crippen LogP contribution in [-0.4, -0.2) is 35.4 Å². The van der Waals surface area contributed by atoms with E-state index in [4.69, 9.17) is 17.0 Å². The zero-order valence-corrected chi connectivity index (χ0v) is 16.4. The van der Waals surface area contributed by atoms with Crippen LogP contribution >= 0.6 is 12.2 Å². The highest BCUT2D eigenvalue weighted by atomic mass is 32.1. The molecule has 1 aromatic carbocycles. The van der Waals surface area contributed by atoms with E-state index >= 15 is 0 Å². The van der Waals surface area contributed by atoms with Crippen molar-refractivity contribution >= 4 is 12.2 Å². The van der Waals surface area contributed by atoms with Crippen molar-refractivity contribution < 1.29 is 17.9 Å². The number of benzene rings is 1. The molecule has 0 unspecified atom stereocenters. The molecule has 4 nitrogen and oxygen atoms in total. The van der Waals surface area contributed by atoms with Crippen molar-refractivity contribution in [1.82, 2.24) is 14.9 Å². The maximum absolute atomic E-state index is 14.2. The summed E-state index contributed by atoms with van der Waals surface area (Å²) in [5.74, 6) is -3.26.